The van der Waals surface area contributed by atoms with Crippen molar-refractivity contribution in [2.45, 2.75) is 39.3 Å². The van der Waals surface area contributed by atoms with E-state index in [1.54, 1.807) is 37.1 Å². The highest BCUT2D eigenvalue weighted by Crippen LogP contribution is 2.23. The Kier molecular flexibility index (Phi) is 8.80. The zero-order chi connectivity index (χ0) is 21.4. The summed E-state index contributed by atoms with van der Waals surface area (Å²) in [5, 5.41) is 3.79. The second-order valence-corrected chi connectivity index (χ2v) is 7.60. The fourth-order valence-electron chi connectivity index (χ4n) is 2.88. The van der Waals surface area contributed by atoms with Crippen molar-refractivity contribution in [3.63, 3.8) is 0 Å². The molecule has 5 nitrogen and oxygen atoms in total. The normalized spacial score (nSPS) is 11.6. The van der Waals surface area contributed by atoms with Gasteiger partial charge in [0.15, 0.2) is 0 Å². The van der Waals surface area contributed by atoms with E-state index >= 15 is 0 Å². The molecule has 0 aliphatic carbocycles. The zero-order valence-electron chi connectivity index (χ0n) is 16.9. The third-order valence-corrected chi connectivity index (χ3v) is 5.15. The Hall–Kier alpha value is -2.24. The van der Waals surface area contributed by atoms with Crippen LogP contribution in [0.4, 0.5) is 0 Å². The lowest BCUT2D eigenvalue weighted by molar-refractivity contribution is -0.140. The molecule has 2 amide bonds. The lowest BCUT2D eigenvalue weighted by Gasteiger charge is -2.29. The summed E-state index contributed by atoms with van der Waals surface area (Å²) in [6.45, 7) is 4.55. The second-order valence-electron chi connectivity index (χ2n) is 6.75. The van der Waals surface area contributed by atoms with Gasteiger partial charge in [0, 0.05) is 23.1 Å². The molecule has 0 aliphatic heterocycles. The van der Waals surface area contributed by atoms with Crippen LogP contribution in [0.1, 0.15) is 31.4 Å². The van der Waals surface area contributed by atoms with Crippen LogP contribution in [0.2, 0.25) is 10.0 Å². The number of amides is 2. The van der Waals surface area contributed by atoms with Gasteiger partial charge >= 0.3 is 0 Å². The number of hydrogen-bond acceptors (Lipinski definition) is 3. The third kappa shape index (κ3) is 6.65. The molecule has 0 fully saturated rings. The van der Waals surface area contributed by atoms with Gasteiger partial charge in [-0.15, -0.1) is 0 Å². The molecule has 7 heteroatoms. The number of ether oxygens (including phenoxy) is 1. The van der Waals surface area contributed by atoms with Crippen LogP contribution in [-0.4, -0.2) is 36.4 Å². The number of nitrogens with one attached hydrogen (secondary N) is 1. The Morgan fingerprint density at radius 1 is 1.17 bits per heavy atom. The predicted molar refractivity (Wildman–Crippen MR) is 116 cm³/mol. The molecule has 0 heterocycles. The summed E-state index contributed by atoms with van der Waals surface area (Å²) in [4.78, 5) is 27.3. The Morgan fingerprint density at radius 3 is 2.59 bits per heavy atom. The van der Waals surface area contributed by atoms with Crippen LogP contribution in [0, 0.1) is 0 Å². The standard InChI is InChI=1S/C22H26Cl2N2O3/c1-4-10-25-22(28)15(2)26(14-16-6-5-7-19(11-16)29-3)21(27)12-17-8-9-18(23)13-20(17)24/h5-9,11,13,15H,4,10,12,14H2,1-3H3,(H,25,28). The van der Waals surface area contributed by atoms with Gasteiger partial charge in [-0.2, -0.15) is 0 Å². The van der Waals surface area contributed by atoms with Crippen LogP contribution in [0.5, 0.6) is 5.75 Å². The molecule has 2 rings (SSSR count). The number of methoxy groups -OCH3 is 1. The molecule has 0 aromatic heterocycles. The zero-order valence-corrected chi connectivity index (χ0v) is 18.4. The number of carbonyl (C=O) groups excluding carboxylic acids is 2. The fourth-order valence-corrected chi connectivity index (χ4v) is 3.35. The van der Waals surface area contributed by atoms with Crippen molar-refractivity contribution in [2.75, 3.05) is 13.7 Å². The van der Waals surface area contributed by atoms with Gasteiger partial charge in [0.25, 0.3) is 0 Å². The largest absolute Gasteiger partial charge is 0.497 e. The first-order valence-electron chi connectivity index (χ1n) is 9.49. The van der Waals surface area contributed by atoms with Crippen LogP contribution in [-0.2, 0) is 22.6 Å². The third-order valence-electron chi connectivity index (χ3n) is 4.56. The first kappa shape index (κ1) is 23.0. The predicted octanol–water partition coefficient (Wildman–Crippen LogP) is 4.49. The molecular weight excluding hydrogens is 411 g/mol. The fraction of sp³-hybridized carbons (Fsp3) is 0.364. The van der Waals surface area contributed by atoms with Gasteiger partial charge in [0.2, 0.25) is 11.8 Å². The summed E-state index contributed by atoms with van der Waals surface area (Å²) in [5.74, 6) is 0.306. The lowest BCUT2D eigenvalue weighted by atomic mass is 10.1. The second kappa shape index (κ2) is 11.1. The van der Waals surface area contributed by atoms with Crippen LogP contribution in [0.3, 0.4) is 0 Å². The summed E-state index contributed by atoms with van der Waals surface area (Å²) in [6.07, 6.45) is 0.897. The first-order valence-corrected chi connectivity index (χ1v) is 10.2. The smallest absolute Gasteiger partial charge is 0.242 e. The molecule has 1 N–H and O–H groups in total. The topological polar surface area (TPSA) is 58.6 Å². The number of hydrogen-bond donors (Lipinski definition) is 1. The molecule has 0 spiro atoms. The molecule has 1 unspecified atom stereocenters. The highest BCUT2D eigenvalue weighted by Gasteiger charge is 2.26. The van der Waals surface area contributed by atoms with E-state index in [4.69, 9.17) is 27.9 Å². The molecule has 0 bridgehead atoms. The molecule has 156 valence electrons. The molecule has 0 radical (unpaired) electrons. The number of benzene rings is 2. The Labute approximate surface area is 181 Å². The van der Waals surface area contributed by atoms with Crippen LogP contribution < -0.4 is 10.1 Å². The van der Waals surface area contributed by atoms with Crippen molar-refractivity contribution < 1.29 is 14.3 Å². The average molecular weight is 437 g/mol. The summed E-state index contributed by atoms with van der Waals surface area (Å²) in [5.41, 5.74) is 1.54. The molecule has 0 aliphatic rings. The van der Waals surface area contributed by atoms with E-state index in [1.807, 2.05) is 31.2 Å². The van der Waals surface area contributed by atoms with E-state index in [2.05, 4.69) is 5.32 Å². The first-order chi connectivity index (χ1) is 13.8. The van der Waals surface area contributed by atoms with Crippen molar-refractivity contribution in [1.29, 1.82) is 0 Å². The molecule has 0 saturated heterocycles. The molecule has 29 heavy (non-hydrogen) atoms. The number of halogens is 2. The van der Waals surface area contributed by atoms with Gasteiger partial charge in [-0.25, -0.2) is 0 Å². The lowest BCUT2D eigenvalue weighted by Crippen LogP contribution is -2.48. The van der Waals surface area contributed by atoms with Gasteiger partial charge in [0.05, 0.1) is 13.5 Å². The Morgan fingerprint density at radius 2 is 1.93 bits per heavy atom. The van der Waals surface area contributed by atoms with E-state index in [1.165, 1.54) is 0 Å². The minimum Gasteiger partial charge on any atom is -0.497 e. The Balaban J connectivity index is 2.26. The molecule has 1 atom stereocenters. The van der Waals surface area contributed by atoms with E-state index < -0.39 is 6.04 Å². The van der Waals surface area contributed by atoms with E-state index in [0.29, 0.717) is 27.9 Å². The van der Waals surface area contributed by atoms with E-state index in [9.17, 15) is 9.59 Å². The van der Waals surface area contributed by atoms with Crippen molar-refractivity contribution in [2.24, 2.45) is 0 Å². The van der Waals surface area contributed by atoms with Gasteiger partial charge in [-0.3, -0.25) is 9.59 Å². The van der Waals surface area contributed by atoms with Crippen molar-refractivity contribution in [3.8, 4) is 5.75 Å². The van der Waals surface area contributed by atoms with Gasteiger partial charge in [-0.1, -0.05) is 48.3 Å². The number of rotatable bonds is 9. The minimum absolute atomic E-state index is 0.0748. The van der Waals surface area contributed by atoms with E-state index in [-0.39, 0.29) is 24.8 Å². The Bertz CT molecular complexity index is 858. The summed E-state index contributed by atoms with van der Waals surface area (Å²) >= 11 is 12.2. The average Bonchev–Trinajstić information content (AvgIpc) is 2.71. The maximum Gasteiger partial charge on any atom is 0.242 e. The number of carbonyl (C=O) groups is 2. The SMILES string of the molecule is CCCNC(=O)C(C)N(Cc1cccc(OC)c1)C(=O)Cc1ccc(Cl)cc1Cl. The monoisotopic (exact) mass is 436 g/mol. The number of nitrogens with zero attached hydrogens (tertiary/aromatic N) is 1. The van der Waals surface area contributed by atoms with Crippen LogP contribution >= 0.6 is 23.2 Å². The minimum atomic E-state index is -0.633. The molecular formula is C22H26Cl2N2O3. The summed E-state index contributed by atoms with van der Waals surface area (Å²) in [7, 11) is 1.59. The summed E-state index contributed by atoms with van der Waals surface area (Å²) < 4.78 is 5.27. The van der Waals surface area contributed by atoms with Crippen molar-refractivity contribution in [3.05, 3.63) is 63.6 Å². The summed E-state index contributed by atoms with van der Waals surface area (Å²) in [6, 6.07) is 11.8. The maximum atomic E-state index is 13.2. The highest BCUT2D eigenvalue weighted by atomic mass is 35.5. The van der Waals surface area contributed by atoms with E-state index in [0.717, 1.165) is 12.0 Å². The van der Waals surface area contributed by atoms with Crippen LogP contribution in [0.15, 0.2) is 42.5 Å². The van der Waals surface area contributed by atoms with Gasteiger partial charge in [-0.05, 0) is 48.7 Å². The van der Waals surface area contributed by atoms with Gasteiger partial charge in [0.1, 0.15) is 11.8 Å². The highest BCUT2D eigenvalue weighted by molar-refractivity contribution is 6.35. The van der Waals surface area contributed by atoms with Crippen LogP contribution in [0.25, 0.3) is 0 Å². The van der Waals surface area contributed by atoms with Gasteiger partial charge < -0.3 is 15.0 Å². The molecule has 2 aromatic rings. The maximum absolute atomic E-state index is 13.2. The quantitative estimate of drug-likeness (QED) is 0.629. The molecule has 2 aromatic carbocycles. The van der Waals surface area contributed by atoms with Crippen molar-refractivity contribution in [1.82, 2.24) is 10.2 Å². The molecule has 0 saturated carbocycles. The van der Waals surface area contributed by atoms with Crippen molar-refractivity contribution >= 4 is 35.0 Å².